The maximum Gasteiger partial charge on any atom is 0.407 e. The van der Waals surface area contributed by atoms with Gasteiger partial charge < -0.3 is 39.9 Å². The van der Waals surface area contributed by atoms with Gasteiger partial charge in [0, 0.05) is 34.3 Å². The molecule has 1 aromatic carbocycles. The van der Waals surface area contributed by atoms with Crippen molar-refractivity contribution < 1.29 is 23.9 Å². The van der Waals surface area contributed by atoms with Gasteiger partial charge in [-0.15, -0.1) is 22.7 Å². The van der Waals surface area contributed by atoms with Gasteiger partial charge >= 0.3 is 6.09 Å². The van der Waals surface area contributed by atoms with E-state index in [4.69, 9.17) is 0 Å². The highest BCUT2D eigenvalue weighted by Crippen LogP contribution is 2.41. The van der Waals surface area contributed by atoms with Gasteiger partial charge in [-0.3, -0.25) is 9.59 Å². The zero-order chi connectivity index (χ0) is 41.1. The minimum atomic E-state index is -0.586. The second kappa shape index (κ2) is 27.7. The first-order valence-corrected chi connectivity index (χ1v) is 20.8. The highest BCUT2D eigenvalue weighted by Gasteiger charge is 2.17. The van der Waals surface area contributed by atoms with Crippen LogP contribution < -0.4 is 10.6 Å². The Kier molecular flexibility index (Phi) is 23.4. The van der Waals surface area contributed by atoms with Crippen LogP contribution in [0.15, 0.2) is 61.4 Å². The third kappa shape index (κ3) is 17.7. The van der Waals surface area contributed by atoms with Crippen molar-refractivity contribution >= 4 is 56.3 Å². The molecule has 56 heavy (non-hydrogen) atoms. The molecule has 0 bridgehead atoms. The summed E-state index contributed by atoms with van der Waals surface area (Å²) < 4.78 is 6.78. The van der Waals surface area contributed by atoms with Crippen LogP contribution in [0.4, 0.5) is 4.79 Å². The summed E-state index contributed by atoms with van der Waals surface area (Å²) in [7, 11) is 3.41. The lowest BCUT2D eigenvalue weighted by Crippen LogP contribution is -2.37. The first-order chi connectivity index (χ1) is 27.1. The molecule has 2 aliphatic rings. The zero-order valence-electron chi connectivity index (χ0n) is 34.0. The van der Waals surface area contributed by atoms with Crippen LogP contribution in [0.25, 0.3) is 41.7 Å². The number of carbonyl (C=O) groups is 4. The standard InChI is InChI=1S/C18H12N4S2.C8H14N2O2.C5H11N.C4H7NO3.2C3H8/c1-3-12(4-2-11(1)13-7-19-9-21-13)15-5-17-18(23-15)6-16(24-17)14-8-20-10-22-14;1-7(11)9-6-8(12)10-4-2-3-5-10;1-6-4-2-3-5-6;1-8-4(7)5-2-3-6;2*1-3-2/h1-10H,(H,19,21)(H,20,22);2-6H2,1H3,(H,9,11);2-5H2,1H3;3H,2H2,1H3,(H,5,7);2*3H2,1-2H3. The number of likely N-dealkylation sites (tertiary alicyclic amines) is 2. The van der Waals surface area contributed by atoms with Gasteiger partial charge in [0.25, 0.3) is 0 Å². The number of methoxy groups -OCH3 is 1. The molecule has 5 aromatic rings. The molecule has 2 saturated heterocycles. The van der Waals surface area contributed by atoms with Crippen LogP contribution in [0.1, 0.15) is 73.1 Å². The molecule has 0 saturated carbocycles. The molecule has 7 rings (SSSR count). The van der Waals surface area contributed by atoms with Crippen LogP contribution >= 0.6 is 22.7 Å². The Bertz CT molecular complexity index is 1760. The van der Waals surface area contributed by atoms with E-state index in [1.165, 1.54) is 77.5 Å². The Balaban J connectivity index is 0.000000283. The van der Waals surface area contributed by atoms with Crippen molar-refractivity contribution in [3.05, 3.63) is 61.4 Å². The molecule has 2 fully saturated rings. The number of carbonyl (C=O) groups excluding carboxylic acids is 4. The van der Waals surface area contributed by atoms with E-state index in [1.54, 1.807) is 28.9 Å². The van der Waals surface area contributed by atoms with E-state index in [-0.39, 0.29) is 24.9 Å². The fourth-order valence-corrected chi connectivity index (χ4v) is 7.45. The highest BCUT2D eigenvalue weighted by atomic mass is 32.1. The molecular formula is C41H60N8O5S2. The number of aromatic nitrogens is 4. The number of nitrogens with one attached hydrogen (secondary N) is 4. The number of thiophene rings is 2. The predicted molar refractivity (Wildman–Crippen MR) is 230 cm³/mol. The second-order valence-corrected chi connectivity index (χ2v) is 15.1. The van der Waals surface area contributed by atoms with Crippen LogP contribution in [0.2, 0.25) is 0 Å². The van der Waals surface area contributed by atoms with Crippen LogP contribution in [0.5, 0.6) is 0 Å². The Morgan fingerprint density at radius 2 is 1.29 bits per heavy atom. The lowest BCUT2D eigenvalue weighted by Gasteiger charge is -2.14. The van der Waals surface area contributed by atoms with E-state index in [1.807, 2.05) is 23.7 Å². The number of amides is 3. The molecule has 0 spiro atoms. The number of ether oxygens (including phenoxy) is 1. The van der Waals surface area contributed by atoms with E-state index in [0.717, 1.165) is 42.9 Å². The summed E-state index contributed by atoms with van der Waals surface area (Å²) in [6, 6.07) is 13.1. The van der Waals surface area contributed by atoms with Gasteiger partial charge in [-0.1, -0.05) is 64.8 Å². The number of hydrogen-bond acceptors (Lipinski definition) is 10. The van der Waals surface area contributed by atoms with Crippen molar-refractivity contribution in [1.82, 2.24) is 40.4 Å². The number of hydrogen-bond donors (Lipinski definition) is 4. The molecule has 2 aliphatic heterocycles. The Hall–Kier alpha value is -4.86. The Morgan fingerprint density at radius 3 is 1.75 bits per heavy atom. The molecule has 4 N–H and O–H groups in total. The number of aromatic amines is 2. The molecule has 0 radical (unpaired) electrons. The van der Waals surface area contributed by atoms with Crippen LogP contribution in [-0.2, 0) is 19.1 Å². The van der Waals surface area contributed by atoms with Gasteiger partial charge in [-0.2, -0.15) is 0 Å². The largest absolute Gasteiger partial charge is 0.453 e. The van der Waals surface area contributed by atoms with Crippen molar-refractivity contribution in [1.29, 1.82) is 0 Å². The van der Waals surface area contributed by atoms with Gasteiger partial charge in [0.15, 0.2) is 0 Å². The molecule has 3 amide bonds. The minimum Gasteiger partial charge on any atom is -0.453 e. The normalized spacial score (nSPS) is 12.8. The first-order valence-electron chi connectivity index (χ1n) is 19.2. The van der Waals surface area contributed by atoms with Crippen LogP contribution in [0, 0.1) is 0 Å². The number of benzene rings is 1. The summed E-state index contributed by atoms with van der Waals surface area (Å²) in [6.45, 7) is 14.4. The number of H-pyrrole nitrogens is 2. The third-order valence-electron chi connectivity index (χ3n) is 7.74. The van der Waals surface area contributed by atoms with Gasteiger partial charge in [-0.25, -0.2) is 14.8 Å². The summed E-state index contributed by atoms with van der Waals surface area (Å²) in [5.74, 6) is -0.120. The van der Waals surface area contributed by atoms with E-state index in [0.29, 0.717) is 6.29 Å². The molecule has 13 nitrogen and oxygen atoms in total. The molecule has 15 heteroatoms. The number of fused-ring (bicyclic) bond motifs is 1. The molecule has 0 atom stereocenters. The number of nitrogens with zero attached hydrogens (tertiary/aromatic N) is 4. The molecule has 0 unspecified atom stereocenters. The van der Waals surface area contributed by atoms with Gasteiger partial charge in [0.2, 0.25) is 11.8 Å². The fourth-order valence-electron chi connectivity index (χ4n) is 5.08. The smallest absolute Gasteiger partial charge is 0.407 e. The monoisotopic (exact) mass is 808 g/mol. The number of imidazole rings is 2. The summed E-state index contributed by atoms with van der Waals surface area (Å²) >= 11 is 3.63. The van der Waals surface area contributed by atoms with E-state index in [9.17, 15) is 19.2 Å². The summed E-state index contributed by atoms with van der Waals surface area (Å²) in [5.41, 5.74) is 4.51. The van der Waals surface area contributed by atoms with Crippen molar-refractivity contribution in [2.24, 2.45) is 0 Å². The maximum absolute atomic E-state index is 11.3. The number of aldehydes is 1. The quantitative estimate of drug-likeness (QED) is 0.119. The van der Waals surface area contributed by atoms with Crippen molar-refractivity contribution in [3.8, 4) is 32.3 Å². The van der Waals surface area contributed by atoms with Gasteiger partial charge in [0.1, 0.15) is 6.29 Å². The van der Waals surface area contributed by atoms with Gasteiger partial charge in [-0.05, 0) is 69.1 Å². The predicted octanol–water partition coefficient (Wildman–Crippen LogP) is 8.24. The Morgan fingerprint density at radius 1 is 0.786 bits per heavy atom. The zero-order valence-corrected chi connectivity index (χ0v) is 35.6. The van der Waals surface area contributed by atoms with Crippen molar-refractivity contribution in [2.45, 2.75) is 73.1 Å². The molecule has 0 aliphatic carbocycles. The number of alkyl carbamates (subject to hydrolysis) is 1. The molecule has 6 heterocycles. The van der Waals surface area contributed by atoms with Crippen LogP contribution in [0.3, 0.4) is 0 Å². The van der Waals surface area contributed by atoms with E-state index >= 15 is 0 Å². The average molecular weight is 809 g/mol. The van der Waals surface area contributed by atoms with E-state index in [2.05, 4.69) is 111 Å². The molecule has 4 aromatic heterocycles. The lowest BCUT2D eigenvalue weighted by atomic mass is 10.1. The Labute approximate surface area is 339 Å². The summed E-state index contributed by atoms with van der Waals surface area (Å²) in [5, 5.41) is 4.64. The molecular weight excluding hydrogens is 749 g/mol. The van der Waals surface area contributed by atoms with Crippen LogP contribution in [-0.4, -0.2) is 107 Å². The first kappa shape index (κ1) is 47.3. The summed E-state index contributed by atoms with van der Waals surface area (Å²) in [4.78, 5) is 62.5. The second-order valence-electron chi connectivity index (χ2n) is 12.9. The van der Waals surface area contributed by atoms with Crippen molar-refractivity contribution in [3.63, 3.8) is 0 Å². The average Bonchev–Trinajstić information content (AvgIpc) is 4.04. The third-order valence-corrected chi connectivity index (χ3v) is 10.1. The van der Waals surface area contributed by atoms with Crippen molar-refractivity contribution in [2.75, 3.05) is 53.4 Å². The minimum absolute atomic E-state index is 0.00662. The highest BCUT2D eigenvalue weighted by molar-refractivity contribution is 7.31. The van der Waals surface area contributed by atoms with E-state index < -0.39 is 6.09 Å². The SMILES string of the molecule is CC(=O)NCC(=O)N1CCCC1.CCC.CCC.CN1CCCC1.COC(=O)NCC=O.c1ncc(-c2ccc(-c3cc4sc(-c5cnc[nH]5)cc4s3)cc2)[nH]1. The maximum atomic E-state index is 11.3. The lowest BCUT2D eigenvalue weighted by molar-refractivity contribution is -0.131. The summed E-state index contributed by atoms with van der Waals surface area (Å²) in [6.07, 6.45) is 14.6. The number of rotatable bonds is 7. The molecule has 306 valence electrons. The fraction of sp³-hybridized carbons (Fsp3) is 0.463. The topological polar surface area (TPSA) is 165 Å². The van der Waals surface area contributed by atoms with Gasteiger partial charge in [0.05, 0.1) is 61.5 Å².